The molecule has 0 saturated heterocycles. The number of imidazole rings is 1. The Morgan fingerprint density at radius 2 is 1.83 bits per heavy atom. The van der Waals surface area contributed by atoms with Crippen LogP contribution >= 0.6 is 12.2 Å². The monoisotopic (exact) mass is 338 g/mol. The van der Waals surface area contributed by atoms with Gasteiger partial charge in [-0.1, -0.05) is 36.4 Å². The molecule has 24 heavy (non-hydrogen) atoms. The van der Waals surface area contributed by atoms with Gasteiger partial charge in [-0.3, -0.25) is 4.57 Å². The molecular formula is C20H22N2OS. The van der Waals surface area contributed by atoms with Crippen molar-refractivity contribution in [3.63, 3.8) is 0 Å². The largest absolute Gasteiger partial charge is 0.494 e. The van der Waals surface area contributed by atoms with Crippen molar-refractivity contribution in [2.24, 2.45) is 0 Å². The van der Waals surface area contributed by atoms with Crippen molar-refractivity contribution in [1.82, 2.24) is 9.55 Å². The van der Waals surface area contributed by atoms with Gasteiger partial charge >= 0.3 is 0 Å². The highest BCUT2D eigenvalue weighted by Crippen LogP contribution is 2.17. The average molecular weight is 338 g/mol. The highest BCUT2D eigenvalue weighted by atomic mass is 32.1. The summed E-state index contributed by atoms with van der Waals surface area (Å²) in [5.74, 6) is 0.888. The van der Waals surface area contributed by atoms with Crippen molar-refractivity contribution in [3.05, 3.63) is 77.3 Å². The van der Waals surface area contributed by atoms with Gasteiger partial charge in [0.1, 0.15) is 5.75 Å². The molecule has 0 aliphatic heterocycles. The highest BCUT2D eigenvalue weighted by Gasteiger charge is 2.00. The van der Waals surface area contributed by atoms with Crippen molar-refractivity contribution >= 4 is 12.2 Å². The van der Waals surface area contributed by atoms with Crippen LogP contribution in [0.15, 0.2) is 67.0 Å². The van der Waals surface area contributed by atoms with Gasteiger partial charge < -0.3 is 9.72 Å². The zero-order valence-corrected chi connectivity index (χ0v) is 14.5. The molecule has 0 unspecified atom stereocenters. The maximum absolute atomic E-state index is 5.88. The number of hydrogen-bond donors (Lipinski definition) is 1. The normalized spacial score (nSPS) is 10.7. The fourth-order valence-corrected chi connectivity index (χ4v) is 2.92. The number of aromatic nitrogens is 2. The Labute approximate surface area is 147 Å². The summed E-state index contributed by atoms with van der Waals surface area (Å²) in [4.78, 5) is 3.00. The third-order valence-electron chi connectivity index (χ3n) is 3.97. The molecule has 3 aromatic rings. The molecule has 0 atom stereocenters. The number of benzene rings is 2. The summed E-state index contributed by atoms with van der Waals surface area (Å²) in [6.45, 7) is 0.747. The molecule has 0 bridgehead atoms. The second kappa shape index (κ2) is 8.50. The third kappa shape index (κ3) is 4.59. The summed E-state index contributed by atoms with van der Waals surface area (Å²) < 4.78 is 8.50. The average Bonchev–Trinajstić information content (AvgIpc) is 3.05. The van der Waals surface area contributed by atoms with E-state index in [2.05, 4.69) is 35.3 Å². The Bertz CT molecular complexity index is 808. The molecule has 0 radical (unpaired) electrons. The van der Waals surface area contributed by atoms with Gasteiger partial charge in [-0.05, 0) is 55.6 Å². The Morgan fingerprint density at radius 1 is 0.958 bits per heavy atom. The molecule has 0 spiro atoms. The van der Waals surface area contributed by atoms with Crippen molar-refractivity contribution in [1.29, 1.82) is 0 Å². The Morgan fingerprint density at radius 3 is 2.62 bits per heavy atom. The number of H-pyrrole nitrogens is 1. The first kappa shape index (κ1) is 16.5. The third-order valence-corrected chi connectivity index (χ3v) is 4.28. The molecule has 124 valence electrons. The lowest BCUT2D eigenvalue weighted by Gasteiger charge is -2.08. The van der Waals surface area contributed by atoms with Crippen molar-refractivity contribution in [2.45, 2.75) is 25.7 Å². The summed E-state index contributed by atoms with van der Waals surface area (Å²) in [6.07, 6.45) is 8.35. The number of nitrogens with zero attached hydrogens (tertiary/aromatic N) is 1. The molecule has 0 amide bonds. The van der Waals surface area contributed by atoms with E-state index in [0.717, 1.165) is 30.9 Å². The molecule has 0 aliphatic carbocycles. The summed E-state index contributed by atoms with van der Waals surface area (Å²) in [7, 11) is 0. The van der Waals surface area contributed by atoms with Crippen LogP contribution in [0.5, 0.6) is 5.75 Å². The summed E-state index contributed by atoms with van der Waals surface area (Å²) in [5, 5.41) is 0. The van der Waals surface area contributed by atoms with Gasteiger partial charge in [-0.2, -0.15) is 0 Å². The van der Waals surface area contributed by atoms with Crippen LogP contribution in [-0.4, -0.2) is 16.2 Å². The lowest BCUT2D eigenvalue weighted by molar-refractivity contribution is 0.305. The number of unbranched alkanes of at least 4 members (excludes halogenated alkanes) is 2. The van der Waals surface area contributed by atoms with Crippen LogP contribution in [0.1, 0.15) is 24.8 Å². The lowest BCUT2D eigenvalue weighted by Crippen LogP contribution is -1.99. The van der Waals surface area contributed by atoms with E-state index in [0.29, 0.717) is 4.77 Å². The SMILES string of the molecule is S=c1[nH]ccn1-c1cccc(OCCCCCc2ccccc2)c1. The number of ether oxygens (including phenoxy) is 1. The zero-order chi connectivity index (χ0) is 16.6. The summed E-state index contributed by atoms with van der Waals surface area (Å²) in [6, 6.07) is 18.7. The summed E-state index contributed by atoms with van der Waals surface area (Å²) >= 11 is 5.25. The molecule has 1 aromatic heterocycles. The van der Waals surface area contributed by atoms with E-state index < -0.39 is 0 Å². The molecule has 0 saturated carbocycles. The first-order chi connectivity index (χ1) is 11.8. The molecule has 2 aromatic carbocycles. The zero-order valence-electron chi connectivity index (χ0n) is 13.7. The molecule has 3 nitrogen and oxygen atoms in total. The predicted molar refractivity (Wildman–Crippen MR) is 100 cm³/mol. The van der Waals surface area contributed by atoms with E-state index in [9.17, 15) is 0 Å². The van der Waals surface area contributed by atoms with Gasteiger partial charge in [0.05, 0.1) is 12.3 Å². The minimum absolute atomic E-state index is 0.688. The van der Waals surface area contributed by atoms with Crippen LogP contribution in [0.3, 0.4) is 0 Å². The first-order valence-electron chi connectivity index (χ1n) is 8.36. The van der Waals surface area contributed by atoms with Crippen LogP contribution in [0, 0.1) is 4.77 Å². The van der Waals surface area contributed by atoms with Crippen molar-refractivity contribution in [3.8, 4) is 11.4 Å². The fraction of sp³-hybridized carbons (Fsp3) is 0.250. The van der Waals surface area contributed by atoms with Gasteiger partial charge in [-0.15, -0.1) is 0 Å². The van der Waals surface area contributed by atoms with Crippen LogP contribution in [0.4, 0.5) is 0 Å². The second-order valence-corrected chi connectivity index (χ2v) is 6.16. The molecule has 3 rings (SSSR count). The first-order valence-corrected chi connectivity index (χ1v) is 8.77. The Balaban J connectivity index is 1.42. The molecular weight excluding hydrogens is 316 g/mol. The van der Waals surface area contributed by atoms with Crippen LogP contribution < -0.4 is 4.74 Å². The maximum Gasteiger partial charge on any atom is 0.181 e. The van der Waals surface area contributed by atoms with Crippen LogP contribution in [0.2, 0.25) is 0 Å². The standard InChI is InChI=1S/C20H22N2OS/c24-20-21-13-14-22(20)18-11-7-12-19(16-18)23-15-6-2-5-10-17-8-3-1-4-9-17/h1,3-4,7-9,11-14,16H,2,5-6,10,15H2,(H,21,24). The van der Waals surface area contributed by atoms with E-state index in [1.165, 1.54) is 18.4 Å². The van der Waals surface area contributed by atoms with Gasteiger partial charge in [-0.25, -0.2) is 0 Å². The smallest absolute Gasteiger partial charge is 0.181 e. The topological polar surface area (TPSA) is 29.9 Å². The highest BCUT2D eigenvalue weighted by molar-refractivity contribution is 7.71. The minimum Gasteiger partial charge on any atom is -0.494 e. The quantitative estimate of drug-likeness (QED) is 0.444. The minimum atomic E-state index is 0.688. The van der Waals surface area contributed by atoms with E-state index in [1.54, 1.807) is 0 Å². The molecule has 4 heteroatoms. The van der Waals surface area contributed by atoms with Gasteiger partial charge in [0.2, 0.25) is 0 Å². The molecule has 1 N–H and O–H groups in total. The van der Waals surface area contributed by atoms with Crippen LogP contribution in [0.25, 0.3) is 5.69 Å². The maximum atomic E-state index is 5.88. The Kier molecular flexibility index (Phi) is 5.85. The van der Waals surface area contributed by atoms with E-state index in [1.807, 2.05) is 41.2 Å². The van der Waals surface area contributed by atoms with Gasteiger partial charge in [0, 0.05) is 18.5 Å². The number of hydrogen-bond acceptors (Lipinski definition) is 2. The van der Waals surface area contributed by atoms with Crippen LogP contribution in [-0.2, 0) is 6.42 Å². The predicted octanol–water partition coefficient (Wildman–Crippen LogP) is 5.33. The number of nitrogens with one attached hydrogen (secondary N) is 1. The van der Waals surface area contributed by atoms with E-state index in [-0.39, 0.29) is 0 Å². The van der Waals surface area contributed by atoms with Crippen molar-refractivity contribution in [2.75, 3.05) is 6.61 Å². The Hall–Kier alpha value is -2.33. The molecule has 0 fully saturated rings. The molecule has 0 aliphatic rings. The number of rotatable bonds is 8. The summed E-state index contributed by atoms with van der Waals surface area (Å²) in [5.41, 5.74) is 2.43. The number of aryl methyl sites for hydroxylation is 1. The number of aromatic amines is 1. The van der Waals surface area contributed by atoms with Gasteiger partial charge in [0.15, 0.2) is 4.77 Å². The van der Waals surface area contributed by atoms with E-state index >= 15 is 0 Å². The van der Waals surface area contributed by atoms with E-state index in [4.69, 9.17) is 17.0 Å². The lowest BCUT2D eigenvalue weighted by atomic mass is 10.1. The fourth-order valence-electron chi connectivity index (χ4n) is 2.69. The second-order valence-electron chi connectivity index (χ2n) is 5.78. The van der Waals surface area contributed by atoms with Crippen molar-refractivity contribution < 1.29 is 4.74 Å². The molecule has 1 heterocycles. The van der Waals surface area contributed by atoms with Gasteiger partial charge in [0.25, 0.3) is 0 Å².